The Bertz CT molecular complexity index is 5030. The minimum absolute atomic E-state index is 0.496. The molecule has 388 valence electrons. The van der Waals surface area contributed by atoms with Gasteiger partial charge < -0.3 is 13.6 Å². The molecular formula is C75H48N6OSi. The van der Waals surface area contributed by atoms with Crippen molar-refractivity contribution >= 4 is 116 Å². The fourth-order valence-corrected chi connectivity index (χ4v) is 18.3. The lowest BCUT2D eigenvalue weighted by Crippen LogP contribution is -2.74. The number of aromatic nitrogens is 6. The van der Waals surface area contributed by atoms with Crippen LogP contribution in [0.15, 0.2) is 296 Å². The molecule has 0 N–H and O–H groups in total. The molecule has 5 heterocycles. The number of hydrogen-bond donors (Lipinski definition) is 0. The van der Waals surface area contributed by atoms with E-state index in [0.717, 1.165) is 88.3 Å². The van der Waals surface area contributed by atoms with Crippen LogP contribution in [-0.2, 0) is 0 Å². The SMILES string of the molecule is c1ccc([Si](c2ccccc2)(c2ccccc2)c2cccc(-c3nc(-c4cccc5c4oc4ccccc45)nc(-n4c5ccc(-n6c7ccccc7c7ccccc76)cc5c5cc(-n6c7ccccc7c7ccccc76)ccc54)n3)c2)cc1. The minimum atomic E-state index is -2.96. The van der Waals surface area contributed by atoms with Crippen LogP contribution in [0.2, 0.25) is 0 Å². The van der Waals surface area contributed by atoms with E-state index in [9.17, 15) is 0 Å². The normalized spacial score (nSPS) is 12.1. The highest BCUT2D eigenvalue weighted by Crippen LogP contribution is 2.41. The molecule has 17 aromatic rings. The molecule has 0 unspecified atom stereocenters. The second kappa shape index (κ2) is 18.6. The van der Waals surface area contributed by atoms with E-state index in [-0.39, 0.29) is 0 Å². The van der Waals surface area contributed by atoms with Gasteiger partial charge in [-0.25, -0.2) is 4.98 Å². The van der Waals surface area contributed by atoms with Crippen LogP contribution in [0.25, 0.3) is 127 Å². The summed E-state index contributed by atoms with van der Waals surface area (Å²) >= 11 is 0. The van der Waals surface area contributed by atoms with Crippen LogP contribution in [-0.4, -0.2) is 36.7 Å². The average Bonchev–Trinajstić information content (AvgIpc) is 3.25. The molecule has 0 aliphatic rings. The van der Waals surface area contributed by atoms with E-state index in [1.54, 1.807) is 0 Å². The molecule has 0 radical (unpaired) electrons. The van der Waals surface area contributed by atoms with Crippen molar-refractivity contribution in [2.24, 2.45) is 0 Å². The third kappa shape index (κ3) is 7.13. The third-order valence-corrected chi connectivity index (χ3v) is 21.8. The van der Waals surface area contributed by atoms with Gasteiger partial charge in [-0.3, -0.25) is 4.57 Å². The summed E-state index contributed by atoms with van der Waals surface area (Å²) in [6, 6.07) is 105. The van der Waals surface area contributed by atoms with Gasteiger partial charge >= 0.3 is 0 Å². The maximum atomic E-state index is 6.78. The van der Waals surface area contributed by atoms with Crippen molar-refractivity contribution in [1.82, 2.24) is 28.7 Å². The van der Waals surface area contributed by atoms with E-state index in [2.05, 4.69) is 293 Å². The topological polar surface area (TPSA) is 66.6 Å². The van der Waals surface area contributed by atoms with Crippen molar-refractivity contribution in [2.45, 2.75) is 0 Å². The van der Waals surface area contributed by atoms with E-state index in [1.165, 1.54) is 42.3 Å². The molecule has 0 atom stereocenters. The van der Waals surface area contributed by atoms with E-state index < -0.39 is 8.07 Å². The van der Waals surface area contributed by atoms with Gasteiger partial charge in [-0.2, -0.15) is 9.97 Å². The molecule has 0 saturated carbocycles. The van der Waals surface area contributed by atoms with Crippen molar-refractivity contribution in [3.05, 3.63) is 291 Å². The largest absolute Gasteiger partial charge is 0.455 e. The second-order valence-electron chi connectivity index (χ2n) is 21.5. The lowest BCUT2D eigenvalue weighted by molar-refractivity contribution is 0.669. The predicted octanol–water partition coefficient (Wildman–Crippen LogP) is 15.8. The molecule has 0 aliphatic carbocycles. The molecule has 0 amide bonds. The van der Waals surface area contributed by atoms with Gasteiger partial charge in [0.05, 0.1) is 38.7 Å². The van der Waals surface area contributed by atoms with Crippen LogP contribution < -0.4 is 20.7 Å². The van der Waals surface area contributed by atoms with Gasteiger partial charge in [0, 0.05) is 60.0 Å². The number of fused-ring (bicyclic) bond motifs is 12. The zero-order chi connectivity index (χ0) is 54.6. The molecule has 7 nitrogen and oxygen atoms in total. The molecule has 0 saturated heterocycles. The van der Waals surface area contributed by atoms with Crippen LogP contribution in [0.5, 0.6) is 0 Å². The van der Waals surface area contributed by atoms with Crippen LogP contribution in [0.4, 0.5) is 0 Å². The highest BCUT2D eigenvalue weighted by molar-refractivity contribution is 7.19. The van der Waals surface area contributed by atoms with Gasteiger partial charge in [0.1, 0.15) is 11.2 Å². The second-order valence-corrected chi connectivity index (χ2v) is 25.3. The average molecular weight is 1080 g/mol. The van der Waals surface area contributed by atoms with Crippen molar-refractivity contribution in [1.29, 1.82) is 0 Å². The summed E-state index contributed by atoms with van der Waals surface area (Å²) in [4.78, 5) is 16.8. The van der Waals surface area contributed by atoms with Gasteiger partial charge in [0.15, 0.2) is 19.7 Å². The Morgan fingerprint density at radius 1 is 0.277 bits per heavy atom. The summed E-state index contributed by atoms with van der Waals surface area (Å²) in [5.41, 5.74) is 11.8. The number of hydrogen-bond acceptors (Lipinski definition) is 4. The van der Waals surface area contributed by atoms with Crippen molar-refractivity contribution in [3.63, 3.8) is 0 Å². The standard InChI is InChI=1S/C75H48N6OSi/c1-4-23-52(24-5-1)83(53-25-6-2-7-26-53,54-27-8-3-9-28-54)55-29-20-22-49(46-55)73-76-74(62-36-21-35-61-60-34-14-19-41-71(60)82-72(61)62)78-75(77-73)81-69-44-42-50(79-65-37-15-10-30-56(65)57-31-11-16-38-66(57)79)47-63(69)64-48-51(43-45-70(64)81)80-67-39-17-12-32-58(67)59-33-13-18-40-68(59)80/h1-48H. The van der Waals surface area contributed by atoms with Crippen LogP contribution >= 0.6 is 0 Å². The fraction of sp³-hybridized carbons (Fsp3) is 0. The first kappa shape index (κ1) is 46.9. The van der Waals surface area contributed by atoms with Crippen molar-refractivity contribution in [2.75, 3.05) is 0 Å². The Morgan fingerprint density at radius 3 is 1.20 bits per heavy atom. The number of benzene rings is 12. The molecular weight excluding hydrogens is 1030 g/mol. The smallest absolute Gasteiger partial charge is 0.238 e. The number of nitrogens with zero attached hydrogens (tertiary/aromatic N) is 6. The van der Waals surface area contributed by atoms with E-state index >= 15 is 0 Å². The molecule has 12 aromatic carbocycles. The Kier molecular flexibility index (Phi) is 10.5. The Hall–Kier alpha value is -10.9. The summed E-state index contributed by atoms with van der Waals surface area (Å²) in [7, 11) is -2.96. The predicted molar refractivity (Wildman–Crippen MR) is 345 cm³/mol. The summed E-state index contributed by atoms with van der Waals surface area (Å²) in [6.45, 7) is 0. The molecule has 5 aromatic heterocycles. The molecule has 0 aliphatic heterocycles. The Balaban J connectivity index is 0.954. The highest BCUT2D eigenvalue weighted by atomic mass is 28.3. The summed E-state index contributed by atoms with van der Waals surface area (Å²) in [6.07, 6.45) is 0. The van der Waals surface area contributed by atoms with Gasteiger partial charge in [-0.15, -0.1) is 0 Å². The Labute approximate surface area is 477 Å². The van der Waals surface area contributed by atoms with Crippen molar-refractivity contribution < 1.29 is 4.42 Å². The number of furan rings is 1. The van der Waals surface area contributed by atoms with E-state index in [1.807, 2.05) is 12.1 Å². The molecule has 0 spiro atoms. The van der Waals surface area contributed by atoms with Crippen LogP contribution in [0.3, 0.4) is 0 Å². The maximum absolute atomic E-state index is 6.78. The van der Waals surface area contributed by atoms with E-state index in [4.69, 9.17) is 19.4 Å². The third-order valence-electron chi connectivity index (χ3n) is 17.1. The first-order chi connectivity index (χ1) is 41.2. The van der Waals surface area contributed by atoms with Crippen LogP contribution in [0, 0.1) is 0 Å². The first-order valence-corrected chi connectivity index (χ1v) is 30.2. The van der Waals surface area contributed by atoms with Crippen LogP contribution in [0.1, 0.15) is 0 Å². The molecule has 17 rings (SSSR count). The Morgan fingerprint density at radius 2 is 0.687 bits per heavy atom. The monoisotopic (exact) mass is 1080 g/mol. The molecule has 83 heavy (non-hydrogen) atoms. The van der Waals surface area contributed by atoms with Gasteiger partial charge in [0.25, 0.3) is 0 Å². The number of para-hydroxylation sites is 6. The van der Waals surface area contributed by atoms with Gasteiger partial charge in [-0.05, 0) is 93.5 Å². The highest BCUT2D eigenvalue weighted by Gasteiger charge is 2.41. The van der Waals surface area contributed by atoms with Crippen molar-refractivity contribution in [3.8, 4) is 40.1 Å². The first-order valence-electron chi connectivity index (χ1n) is 28.2. The van der Waals surface area contributed by atoms with Gasteiger partial charge in [-0.1, -0.05) is 218 Å². The van der Waals surface area contributed by atoms with E-state index in [0.29, 0.717) is 17.6 Å². The zero-order valence-corrected chi connectivity index (χ0v) is 45.8. The quantitative estimate of drug-likeness (QED) is 0.107. The summed E-state index contributed by atoms with van der Waals surface area (Å²) < 4.78 is 13.8. The fourth-order valence-electron chi connectivity index (χ4n) is 13.5. The zero-order valence-electron chi connectivity index (χ0n) is 44.8. The molecule has 8 heteroatoms. The minimum Gasteiger partial charge on any atom is -0.455 e. The maximum Gasteiger partial charge on any atom is 0.238 e. The lowest BCUT2D eigenvalue weighted by atomic mass is 10.1. The summed E-state index contributed by atoms with van der Waals surface area (Å²) in [5, 5.41) is 14.1. The van der Waals surface area contributed by atoms with Gasteiger partial charge in [0.2, 0.25) is 5.95 Å². The molecule has 0 bridgehead atoms. The summed E-state index contributed by atoms with van der Waals surface area (Å²) in [5.74, 6) is 1.56. The number of rotatable bonds is 9. The lowest BCUT2D eigenvalue weighted by Gasteiger charge is -2.34. The molecule has 0 fully saturated rings.